The maximum Gasteiger partial charge on any atom is 0.268 e. The van der Waals surface area contributed by atoms with Gasteiger partial charge in [-0.25, -0.2) is 9.97 Å². The first-order chi connectivity index (χ1) is 6.58. The van der Waals surface area contributed by atoms with Crippen LogP contribution in [0.25, 0.3) is 5.65 Å². The summed E-state index contributed by atoms with van der Waals surface area (Å²) < 4.78 is 2.32. The number of rotatable bonds is 1. The van der Waals surface area contributed by atoms with E-state index in [9.17, 15) is 4.79 Å². The van der Waals surface area contributed by atoms with Gasteiger partial charge in [0.15, 0.2) is 5.65 Å². The molecular weight excluding hydrogens is 248 g/mol. The second kappa shape index (κ2) is 3.06. The fourth-order valence-electron chi connectivity index (χ4n) is 1.20. The molecule has 6 heteroatoms. The zero-order chi connectivity index (χ0) is 10.3. The summed E-state index contributed by atoms with van der Waals surface area (Å²) in [5, 5.41) is 0. The van der Waals surface area contributed by atoms with Crippen LogP contribution in [0, 0.1) is 6.92 Å². The number of halogens is 1. The van der Waals surface area contributed by atoms with Gasteiger partial charge in [0.25, 0.3) is 5.91 Å². The summed E-state index contributed by atoms with van der Waals surface area (Å²) in [6.07, 6.45) is 3.36. The molecule has 2 heterocycles. The SMILES string of the molecule is Cc1cn2cc(C(N)=O)nc2c(Br)n1. The van der Waals surface area contributed by atoms with Gasteiger partial charge in [-0.2, -0.15) is 0 Å². The Bertz CT molecular complexity index is 519. The Morgan fingerprint density at radius 2 is 2.21 bits per heavy atom. The van der Waals surface area contributed by atoms with Crippen molar-refractivity contribution in [2.24, 2.45) is 5.73 Å². The molecule has 0 bridgehead atoms. The number of aromatic nitrogens is 3. The quantitative estimate of drug-likeness (QED) is 0.822. The van der Waals surface area contributed by atoms with Crippen LogP contribution in [0.5, 0.6) is 0 Å². The first kappa shape index (κ1) is 9.14. The van der Waals surface area contributed by atoms with Gasteiger partial charge >= 0.3 is 0 Å². The molecule has 1 amide bonds. The number of hydrogen-bond donors (Lipinski definition) is 1. The maximum absolute atomic E-state index is 10.9. The van der Waals surface area contributed by atoms with Gasteiger partial charge < -0.3 is 10.1 Å². The van der Waals surface area contributed by atoms with E-state index in [0.717, 1.165) is 5.69 Å². The lowest BCUT2D eigenvalue weighted by Crippen LogP contribution is -2.10. The van der Waals surface area contributed by atoms with Crippen LogP contribution >= 0.6 is 15.9 Å². The number of carbonyl (C=O) groups excluding carboxylic acids is 1. The Hall–Kier alpha value is -1.43. The summed E-state index contributed by atoms with van der Waals surface area (Å²) in [5.41, 5.74) is 6.77. The van der Waals surface area contributed by atoms with E-state index in [0.29, 0.717) is 10.3 Å². The molecular formula is C8H7BrN4O. The van der Waals surface area contributed by atoms with Gasteiger partial charge in [-0.3, -0.25) is 4.79 Å². The average Bonchev–Trinajstić information content (AvgIpc) is 2.47. The van der Waals surface area contributed by atoms with Crippen molar-refractivity contribution < 1.29 is 4.79 Å². The van der Waals surface area contributed by atoms with Crippen molar-refractivity contribution in [3.8, 4) is 0 Å². The molecule has 5 nitrogen and oxygen atoms in total. The summed E-state index contributed by atoms with van der Waals surface area (Å²) in [7, 11) is 0. The molecule has 0 aliphatic heterocycles. The van der Waals surface area contributed by atoms with Gasteiger partial charge in [0.1, 0.15) is 10.3 Å². The molecule has 0 fully saturated rings. The first-order valence-electron chi connectivity index (χ1n) is 3.89. The summed E-state index contributed by atoms with van der Waals surface area (Å²) >= 11 is 3.26. The standard InChI is InChI=1S/C8H7BrN4O/c1-4-2-13-3-5(7(10)14)12-8(13)6(9)11-4/h2-3H,1H3,(H2,10,14). The molecule has 0 aliphatic rings. The largest absolute Gasteiger partial charge is 0.364 e. The van der Waals surface area contributed by atoms with Gasteiger partial charge in [-0.1, -0.05) is 0 Å². The van der Waals surface area contributed by atoms with Crippen LogP contribution < -0.4 is 5.73 Å². The number of hydrogen-bond acceptors (Lipinski definition) is 3. The van der Waals surface area contributed by atoms with Gasteiger partial charge in [-0.15, -0.1) is 0 Å². The molecule has 2 N–H and O–H groups in total. The van der Waals surface area contributed by atoms with Crippen molar-refractivity contribution in [2.45, 2.75) is 6.92 Å². The third-order valence-electron chi connectivity index (χ3n) is 1.77. The first-order valence-corrected chi connectivity index (χ1v) is 4.69. The second-order valence-electron chi connectivity index (χ2n) is 2.89. The fourth-order valence-corrected chi connectivity index (χ4v) is 1.77. The summed E-state index contributed by atoms with van der Waals surface area (Å²) in [6, 6.07) is 0. The molecule has 2 aromatic rings. The van der Waals surface area contributed by atoms with Crippen LogP contribution in [-0.4, -0.2) is 20.3 Å². The summed E-state index contributed by atoms with van der Waals surface area (Å²) in [4.78, 5) is 19.1. The fraction of sp³-hybridized carbons (Fsp3) is 0.125. The molecule has 0 atom stereocenters. The molecule has 0 aliphatic carbocycles. The second-order valence-corrected chi connectivity index (χ2v) is 3.65. The monoisotopic (exact) mass is 254 g/mol. The van der Waals surface area contributed by atoms with Crippen LogP contribution in [0.3, 0.4) is 0 Å². The lowest BCUT2D eigenvalue weighted by molar-refractivity contribution is 0.0996. The van der Waals surface area contributed by atoms with Gasteiger partial charge in [-0.05, 0) is 22.9 Å². The van der Waals surface area contributed by atoms with E-state index in [-0.39, 0.29) is 5.69 Å². The van der Waals surface area contributed by atoms with Crippen LogP contribution in [-0.2, 0) is 0 Å². The number of aryl methyl sites for hydroxylation is 1. The van der Waals surface area contributed by atoms with Gasteiger partial charge in [0, 0.05) is 12.4 Å². The number of carbonyl (C=O) groups is 1. The minimum absolute atomic E-state index is 0.234. The predicted octanol–water partition coefficient (Wildman–Crippen LogP) is 0.899. The van der Waals surface area contributed by atoms with Crippen molar-refractivity contribution in [3.63, 3.8) is 0 Å². The van der Waals surface area contributed by atoms with E-state index in [1.54, 1.807) is 16.8 Å². The van der Waals surface area contributed by atoms with Crippen LogP contribution in [0.1, 0.15) is 16.2 Å². The van der Waals surface area contributed by atoms with E-state index in [1.807, 2.05) is 6.92 Å². The van der Waals surface area contributed by atoms with Crippen LogP contribution in [0.4, 0.5) is 0 Å². The van der Waals surface area contributed by atoms with Crippen molar-refractivity contribution in [1.29, 1.82) is 0 Å². The zero-order valence-electron chi connectivity index (χ0n) is 7.36. The zero-order valence-corrected chi connectivity index (χ0v) is 8.95. The molecule has 0 spiro atoms. The number of amides is 1. The molecule has 0 radical (unpaired) electrons. The predicted molar refractivity (Wildman–Crippen MR) is 53.9 cm³/mol. The lowest BCUT2D eigenvalue weighted by Gasteiger charge is -1.96. The van der Waals surface area contributed by atoms with E-state index in [1.165, 1.54) is 0 Å². The Kier molecular flexibility index (Phi) is 1.99. The van der Waals surface area contributed by atoms with E-state index < -0.39 is 5.91 Å². The number of fused-ring (bicyclic) bond motifs is 1. The molecule has 0 saturated heterocycles. The number of nitrogens with two attached hydrogens (primary N) is 1. The van der Waals surface area contributed by atoms with Gasteiger partial charge in [0.2, 0.25) is 0 Å². The van der Waals surface area contributed by atoms with E-state index in [4.69, 9.17) is 5.73 Å². The molecule has 0 unspecified atom stereocenters. The average molecular weight is 255 g/mol. The molecule has 0 saturated carbocycles. The number of nitrogens with zero attached hydrogens (tertiary/aromatic N) is 3. The van der Waals surface area contributed by atoms with Crippen molar-refractivity contribution >= 4 is 27.5 Å². The highest BCUT2D eigenvalue weighted by atomic mass is 79.9. The van der Waals surface area contributed by atoms with Crippen LogP contribution in [0.2, 0.25) is 0 Å². The molecule has 0 aromatic carbocycles. The highest BCUT2D eigenvalue weighted by molar-refractivity contribution is 9.10. The highest BCUT2D eigenvalue weighted by Crippen LogP contribution is 2.15. The minimum Gasteiger partial charge on any atom is -0.364 e. The molecule has 2 aromatic heterocycles. The third kappa shape index (κ3) is 1.37. The van der Waals surface area contributed by atoms with Crippen molar-refractivity contribution in [2.75, 3.05) is 0 Å². The van der Waals surface area contributed by atoms with E-state index >= 15 is 0 Å². The Morgan fingerprint density at radius 1 is 1.50 bits per heavy atom. The Balaban J connectivity index is 2.76. The maximum atomic E-state index is 10.9. The van der Waals surface area contributed by atoms with Crippen LogP contribution in [0.15, 0.2) is 17.0 Å². The molecule has 72 valence electrons. The smallest absolute Gasteiger partial charge is 0.268 e. The topological polar surface area (TPSA) is 73.3 Å². The Labute approximate surface area is 88.1 Å². The Morgan fingerprint density at radius 3 is 2.86 bits per heavy atom. The lowest BCUT2D eigenvalue weighted by atomic mass is 10.5. The van der Waals surface area contributed by atoms with Gasteiger partial charge in [0.05, 0.1) is 5.69 Å². The number of imidazole rings is 1. The summed E-state index contributed by atoms with van der Waals surface area (Å²) in [5.74, 6) is -0.543. The minimum atomic E-state index is -0.543. The number of primary amides is 1. The molecule has 14 heavy (non-hydrogen) atoms. The normalized spacial score (nSPS) is 10.7. The van der Waals surface area contributed by atoms with E-state index in [2.05, 4.69) is 25.9 Å². The summed E-state index contributed by atoms with van der Waals surface area (Å²) in [6.45, 7) is 1.86. The van der Waals surface area contributed by atoms with Crippen molar-refractivity contribution in [1.82, 2.24) is 14.4 Å². The van der Waals surface area contributed by atoms with Crippen molar-refractivity contribution in [3.05, 3.63) is 28.4 Å². The third-order valence-corrected chi connectivity index (χ3v) is 2.30. The molecule has 2 rings (SSSR count). The highest BCUT2D eigenvalue weighted by Gasteiger charge is 2.09.